The van der Waals surface area contributed by atoms with Gasteiger partial charge in [-0.25, -0.2) is 0 Å². The molecule has 1 saturated heterocycles. The molecule has 0 bridgehead atoms. The number of nitriles is 2. The van der Waals surface area contributed by atoms with Gasteiger partial charge in [-0.3, -0.25) is 4.79 Å². The van der Waals surface area contributed by atoms with E-state index >= 15 is 0 Å². The Morgan fingerprint density at radius 1 is 1.41 bits per heavy atom. The fraction of sp³-hybridized carbons (Fsp3) is 0.727. The molecule has 1 rings (SSSR count). The summed E-state index contributed by atoms with van der Waals surface area (Å²) in [7, 11) is 0. The third kappa shape index (κ3) is 3.42. The number of likely N-dealkylation sites (N-methyl/N-ethyl adjacent to an activating group) is 1. The lowest BCUT2D eigenvalue weighted by Crippen LogP contribution is -2.46. The SMILES string of the molecule is CCNC1COCC1C(=O)N(CC#N)CC#N. The molecule has 0 spiro atoms. The van der Waals surface area contributed by atoms with Gasteiger partial charge in [-0.2, -0.15) is 10.5 Å². The second-order valence-corrected chi connectivity index (χ2v) is 3.82. The Bertz CT molecular complexity index is 328. The number of amides is 1. The summed E-state index contributed by atoms with van der Waals surface area (Å²) in [5.74, 6) is -0.479. The van der Waals surface area contributed by atoms with E-state index in [9.17, 15) is 4.79 Å². The second kappa shape index (κ2) is 6.85. The number of ether oxygens (including phenoxy) is 1. The smallest absolute Gasteiger partial charge is 0.231 e. The van der Waals surface area contributed by atoms with E-state index in [4.69, 9.17) is 15.3 Å². The van der Waals surface area contributed by atoms with Gasteiger partial charge in [0.05, 0.1) is 31.3 Å². The van der Waals surface area contributed by atoms with Gasteiger partial charge in [0.15, 0.2) is 0 Å². The van der Waals surface area contributed by atoms with Crippen LogP contribution in [-0.4, -0.2) is 49.7 Å². The van der Waals surface area contributed by atoms with E-state index in [1.54, 1.807) is 0 Å². The highest BCUT2D eigenvalue weighted by Crippen LogP contribution is 2.16. The molecule has 92 valence electrons. The van der Waals surface area contributed by atoms with E-state index < -0.39 is 0 Å². The third-order valence-corrected chi connectivity index (χ3v) is 2.70. The van der Waals surface area contributed by atoms with Crippen molar-refractivity contribution >= 4 is 5.91 Å². The van der Waals surface area contributed by atoms with Gasteiger partial charge in [-0.15, -0.1) is 0 Å². The van der Waals surface area contributed by atoms with E-state index in [0.717, 1.165) is 6.54 Å². The van der Waals surface area contributed by atoms with Crippen molar-refractivity contribution in [2.45, 2.75) is 13.0 Å². The van der Waals surface area contributed by atoms with Gasteiger partial charge in [-0.1, -0.05) is 6.92 Å². The van der Waals surface area contributed by atoms with Crippen LogP contribution in [0.5, 0.6) is 0 Å². The topological polar surface area (TPSA) is 89.2 Å². The van der Waals surface area contributed by atoms with E-state index in [0.29, 0.717) is 13.2 Å². The minimum absolute atomic E-state index is 0.0209. The molecule has 1 amide bonds. The van der Waals surface area contributed by atoms with Crippen molar-refractivity contribution in [2.24, 2.45) is 5.92 Å². The molecule has 17 heavy (non-hydrogen) atoms. The summed E-state index contributed by atoms with van der Waals surface area (Å²) in [4.78, 5) is 13.4. The van der Waals surface area contributed by atoms with Crippen molar-refractivity contribution in [2.75, 3.05) is 32.8 Å². The van der Waals surface area contributed by atoms with Crippen LogP contribution in [0, 0.1) is 28.6 Å². The standard InChI is InChI=1S/C11H16N4O2/c1-2-14-10-8-17-7-9(10)11(16)15(5-3-12)6-4-13/h9-10,14H,2,5-8H2,1H3. The maximum atomic E-state index is 12.1. The quantitative estimate of drug-likeness (QED) is 0.649. The van der Waals surface area contributed by atoms with Crippen LogP contribution >= 0.6 is 0 Å². The highest BCUT2D eigenvalue weighted by atomic mass is 16.5. The average molecular weight is 236 g/mol. The molecular formula is C11H16N4O2. The summed E-state index contributed by atoms with van der Waals surface area (Å²) in [5.41, 5.74) is 0. The second-order valence-electron chi connectivity index (χ2n) is 3.82. The van der Waals surface area contributed by atoms with Crippen LogP contribution in [-0.2, 0) is 9.53 Å². The van der Waals surface area contributed by atoms with Crippen molar-refractivity contribution in [1.82, 2.24) is 10.2 Å². The van der Waals surface area contributed by atoms with Crippen molar-refractivity contribution in [1.29, 1.82) is 10.5 Å². The predicted molar refractivity (Wildman–Crippen MR) is 59.6 cm³/mol. The lowest BCUT2D eigenvalue weighted by atomic mass is 10.0. The van der Waals surface area contributed by atoms with E-state index in [2.05, 4.69) is 5.32 Å². The molecule has 2 unspecified atom stereocenters. The fourth-order valence-corrected chi connectivity index (χ4v) is 1.88. The molecule has 1 fully saturated rings. The van der Waals surface area contributed by atoms with Crippen LogP contribution in [0.1, 0.15) is 6.92 Å². The number of hydrogen-bond acceptors (Lipinski definition) is 5. The van der Waals surface area contributed by atoms with Gasteiger partial charge in [0.1, 0.15) is 13.1 Å². The average Bonchev–Trinajstić information content (AvgIpc) is 2.77. The lowest BCUT2D eigenvalue weighted by molar-refractivity contribution is -0.134. The highest BCUT2D eigenvalue weighted by Gasteiger charge is 2.35. The number of hydrogen-bond donors (Lipinski definition) is 1. The first kappa shape index (κ1) is 13.4. The van der Waals surface area contributed by atoms with Crippen LogP contribution in [0.25, 0.3) is 0 Å². The van der Waals surface area contributed by atoms with E-state index in [1.165, 1.54) is 4.90 Å². The molecule has 6 nitrogen and oxygen atoms in total. The Morgan fingerprint density at radius 3 is 2.59 bits per heavy atom. The molecule has 6 heteroatoms. The molecule has 1 N–H and O–H groups in total. The van der Waals surface area contributed by atoms with E-state index in [1.807, 2.05) is 19.1 Å². The van der Waals surface area contributed by atoms with Gasteiger partial charge in [-0.05, 0) is 6.54 Å². The molecule has 0 aromatic carbocycles. The van der Waals surface area contributed by atoms with Crippen LogP contribution in [0.3, 0.4) is 0 Å². The molecule has 2 atom stereocenters. The lowest BCUT2D eigenvalue weighted by Gasteiger charge is -2.23. The third-order valence-electron chi connectivity index (χ3n) is 2.70. The molecular weight excluding hydrogens is 220 g/mol. The number of nitrogens with zero attached hydrogens (tertiary/aromatic N) is 3. The maximum Gasteiger partial charge on any atom is 0.231 e. The van der Waals surface area contributed by atoms with Crippen molar-refractivity contribution in [3.8, 4) is 12.1 Å². The molecule has 1 aliphatic heterocycles. The number of carbonyl (C=O) groups is 1. The monoisotopic (exact) mass is 236 g/mol. The van der Waals surface area contributed by atoms with Crippen LogP contribution < -0.4 is 5.32 Å². The minimum atomic E-state index is -0.295. The molecule has 0 aliphatic carbocycles. The Hall–Kier alpha value is -1.63. The van der Waals surface area contributed by atoms with E-state index in [-0.39, 0.29) is 31.0 Å². The number of nitrogens with one attached hydrogen (secondary N) is 1. The van der Waals surface area contributed by atoms with Gasteiger partial charge in [0, 0.05) is 6.04 Å². The molecule has 0 aromatic rings. The highest BCUT2D eigenvalue weighted by molar-refractivity contribution is 5.80. The predicted octanol–water partition coefficient (Wildman–Crippen LogP) is -0.513. The normalized spacial score (nSPS) is 22.8. The van der Waals surface area contributed by atoms with Crippen LogP contribution in [0.2, 0.25) is 0 Å². The first-order chi connectivity index (χ1) is 8.24. The summed E-state index contributed by atoms with van der Waals surface area (Å²) in [6.45, 7) is 3.46. The molecule has 1 aliphatic rings. The van der Waals surface area contributed by atoms with Gasteiger partial charge in [0.2, 0.25) is 5.91 Å². The number of rotatable bonds is 5. The Kier molecular flexibility index (Phi) is 5.41. The van der Waals surface area contributed by atoms with Crippen molar-refractivity contribution in [3.63, 3.8) is 0 Å². The maximum absolute atomic E-state index is 12.1. The van der Waals surface area contributed by atoms with Gasteiger partial charge >= 0.3 is 0 Å². The van der Waals surface area contributed by atoms with Crippen LogP contribution in [0.4, 0.5) is 0 Å². The summed E-state index contributed by atoms with van der Waals surface area (Å²) in [6, 6.07) is 3.77. The fourth-order valence-electron chi connectivity index (χ4n) is 1.88. The Morgan fingerprint density at radius 2 is 2.06 bits per heavy atom. The minimum Gasteiger partial charge on any atom is -0.379 e. The Labute approximate surface area is 101 Å². The summed E-state index contributed by atoms with van der Waals surface area (Å²) in [5, 5.41) is 20.4. The summed E-state index contributed by atoms with van der Waals surface area (Å²) < 4.78 is 5.27. The van der Waals surface area contributed by atoms with Crippen molar-refractivity contribution < 1.29 is 9.53 Å². The zero-order valence-electron chi connectivity index (χ0n) is 9.85. The van der Waals surface area contributed by atoms with Gasteiger partial charge in [0.25, 0.3) is 0 Å². The van der Waals surface area contributed by atoms with Crippen LogP contribution in [0.15, 0.2) is 0 Å². The molecule has 0 saturated carbocycles. The summed E-state index contributed by atoms with van der Waals surface area (Å²) >= 11 is 0. The Balaban J connectivity index is 2.66. The molecule has 0 aromatic heterocycles. The number of carbonyl (C=O) groups excluding carboxylic acids is 1. The first-order valence-electron chi connectivity index (χ1n) is 5.58. The molecule has 1 heterocycles. The van der Waals surface area contributed by atoms with Crippen molar-refractivity contribution in [3.05, 3.63) is 0 Å². The molecule has 0 radical (unpaired) electrons. The summed E-state index contributed by atoms with van der Waals surface area (Å²) in [6.07, 6.45) is 0. The first-order valence-corrected chi connectivity index (χ1v) is 5.58. The van der Waals surface area contributed by atoms with Gasteiger partial charge < -0.3 is 15.0 Å². The zero-order valence-corrected chi connectivity index (χ0v) is 9.85. The largest absolute Gasteiger partial charge is 0.379 e. The zero-order chi connectivity index (χ0) is 12.7.